The third-order valence-electron chi connectivity index (χ3n) is 3.25. The van der Waals surface area contributed by atoms with Crippen LogP contribution < -0.4 is 10.5 Å². The molecule has 0 aromatic heterocycles. The molecular formula is C11H22N2O2S2. The van der Waals surface area contributed by atoms with E-state index in [1.807, 2.05) is 6.92 Å². The smallest absolute Gasteiger partial charge is 0.212 e. The Morgan fingerprint density at radius 1 is 1.41 bits per heavy atom. The highest BCUT2D eigenvalue weighted by molar-refractivity contribution is 7.89. The fraction of sp³-hybridized carbons (Fsp3) is 0.909. The number of sulfonamides is 1. The van der Waals surface area contributed by atoms with Crippen LogP contribution in [0, 0.1) is 5.92 Å². The van der Waals surface area contributed by atoms with Crippen LogP contribution in [-0.2, 0) is 10.0 Å². The Balaban J connectivity index is 2.52. The van der Waals surface area contributed by atoms with E-state index < -0.39 is 16.1 Å². The molecule has 1 aliphatic rings. The van der Waals surface area contributed by atoms with Gasteiger partial charge in [0, 0.05) is 0 Å². The zero-order valence-electron chi connectivity index (χ0n) is 10.3. The minimum absolute atomic E-state index is 0.214. The lowest BCUT2D eigenvalue weighted by Gasteiger charge is -2.23. The summed E-state index contributed by atoms with van der Waals surface area (Å²) in [4.78, 5) is 0.222. The van der Waals surface area contributed by atoms with Crippen LogP contribution in [0.25, 0.3) is 0 Å². The number of rotatable bonds is 6. The van der Waals surface area contributed by atoms with Crippen molar-refractivity contribution in [2.75, 3.05) is 5.75 Å². The number of nitrogens with two attached hydrogens (primary N) is 1. The van der Waals surface area contributed by atoms with Crippen molar-refractivity contribution in [3.63, 3.8) is 0 Å². The molecule has 0 spiro atoms. The van der Waals surface area contributed by atoms with Crippen molar-refractivity contribution >= 4 is 27.2 Å². The van der Waals surface area contributed by atoms with Gasteiger partial charge in [0.15, 0.2) is 0 Å². The van der Waals surface area contributed by atoms with E-state index in [9.17, 15) is 8.42 Å². The van der Waals surface area contributed by atoms with Crippen molar-refractivity contribution in [1.29, 1.82) is 0 Å². The summed E-state index contributed by atoms with van der Waals surface area (Å²) < 4.78 is 26.5. The zero-order valence-corrected chi connectivity index (χ0v) is 11.9. The van der Waals surface area contributed by atoms with E-state index in [4.69, 9.17) is 18.0 Å². The maximum Gasteiger partial charge on any atom is 0.212 e. The molecular weight excluding hydrogens is 256 g/mol. The van der Waals surface area contributed by atoms with Crippen LogP contribution in [0.5, 0.6) is 0 Å². The Hall–Kier alpha value is -0.200. The van der Waals surface area contributed by atoms with Crippen LogP contribution in [0.4, 0.5) is 0 Å². The number of hydrogen-bond acceptors (Lipinski definition) is 3. The normalized spacial score (nSPS) is 20.1. The summed E-state index contributed by atoms with van der Waals surface area (Å²) in [6.45, 7) is 1.87. The molecule has 0 radical (unpaired) electrons. The van der Waals surface area contributed by atoms with E-state index >= 15 is 0 Å². The molecule has 1 rings (SSSR count). The van der Waals surface area contributed by atoms with E-state index in [-0.39, 0.29) is 10.7 Å². The Bertz CT molecular complexity index is 348. The number of thiocarbonyl (C=S) groups is 1. The first-order valence-corrected chi connectivity index (χ1v) is 8.30. The summed E-state index contributed by atoms with van der Waals surface area (Å²) in [6.07, 6.45) is 6.16. The number of nitrogens with one attached hydrogen (secondary N) is 1. The van der Waals surface area contributed by atoms with Gasteiger partial charge in [0.2, 0.25) is 10.0 Å². The second kappa shape index (κ2) is 6.66. The standard InChI is InChI=1S/C11H22N2O2S2/c1-2-10(11(12)16)13-17(14,15)8-9-6-4-3-5-7-9/h9-10,13H,2-8H2,1H3,(H2,12,16). The monoisotopic (exact) mass is 278 g/mol. The fourth-order valence-electron chi connectivity index (χ4n) is 2.27. The second-order valence-corrected chi connectivity index (χ2v) is 7.04. The topological polar surface area (TPSA) is 72.2 Å². The molecule has 0 saturated heterocycles. The molecule has 1 saturated carbocycles. The van der Waals surface area contributed by atoms with E-state index in [0.717, 1.165) is 25.7 Å². The third-order valence-corrected chi connectivity index (χ3v) is 5.09. The molecule has 1 unspecified atom stereocenters. The van der Waals surface area contributed by atoms with Crippen molar-refractivity contribution in [3.05, 3.63) is 0 Å². The molecule has 1 atom stereocenters. The molecule has 0 amide bonds. The lowest BCUT2D eigenvalue weighted by Crippen LogP contribution is -2.44. The van der Waals surface area contributed by atoms with E-state index in [1.54, 1.807) is 0 Å². The van der Waals surface area contributed by atoms with Gasteiger partial charge in [-0.2, -0.15) is 0 Å². The molecule has 0 aromatic carbocycles. The Morgan fingerprint density at radius 3 is 2.47 bits per heavy atom. The minimum atomic E-state index is -3.26. The Morgan fingerprint density at radius 2 is 2.00 bits per heavy atom. The average molecular weight is 278 g/mol. The lowest BCUT2D eigenvalue weighted by atomic mass is 9.91. The molecule has 6 heteroatoms. The summed E-state index contributed by atoms with van der Waals surface area (Å²) in [6, 6.07) is -0.404. The Kier molecular flexibility index (Phi) is 5.82. The summed E-state index contributed by atoms with van der Waals surface area (Å²) in [5.41, 5.74) is 5.49. The molecule has 3 N–H and O–H groups in total. The van der Waals surface area contributed by atoms with Crippen molar-refractivity contribution in [3.8, 4) is 0 Å². The van der Waals surface area contributed by atoms with Gasteiger partial charge < -0.3 is 5.73 Å². The molecule has 0 aromatic rings. The minimum Gasteiger partial charge on any atom is -0.392 e. The molecule has 0 heterocycles. The largest absolute Gasteiger partial charge is 0.392 e. The first-order chi connectivity index (χ1) is 7.94. The lowest BCUT2D eigenvalue weighted by molar-refractivity contribution is 0.383. The second-order valence-electron chi connectivity index (χ2n) is 4.77. The average Bonchev–Trinajstić information content (AvgIpc) is 2.26. The predicted octanol–water partition coefficient (Wildman–Crippen LogP) is 1.55. The van der Waals surface area contributed by atoms with Crippen molar-refractivity contribution in [2.45, 2.75) is 51.5 Å². The van der Waals surface area contributed by atoms with E-state index in [2.05, 4.69) is 4.72 Å². The highest BCUT2D eigenvalue weighted by atomic mass is 32.2. The van der Waals surface area contributed by atoms with Gasteiger partial charge in [-0.1, -0.05) is 38.4 Å². The van der Waals surface area contributed by atoms with Crippen molar-refractivity contribution in [1.82, 2.24) is 4.72 Å². The first-order valence-electron chi connectivity index (χ1n) is 6.24. The Labute approximate surface area is 109 Å². The van der Waals surface area contributed by atoms with Gasteiger partial charge in [-0.05, 0) is 25.2 Å². The zero-order chi connectivity index (χ0) is 12.9. The summed E-state index contributed by atoms with van der Waals surface area (Å²) in [5, 5.41) is 0. The molecule has 1 fully saturated rings. The van der Waals surface area contributed by atoms with Crippen LogP contribution in [0.1, 0.15) is 45.4 Å². The van der Waals surface area contributed by atoms with Gasteiger partial charge in [0.25, 0.3) is 0 Å². The van der Waals surface area contributed by atoms with Crippen LogP contribution in [-0.4, -0.2) is 25.2 Å². The van der Waals surface area contributed by atoms with E-state index in [0.29, 0.717) is 12.3 Å². The highest BCUT2D eigenvalue weighted by Gasteiger charge is 2.24. The summed E-state index contributed by atoms with van der Waals surface area (Å²) >= 11 is 4.84. The van der Waals surface area contributed by atoms with Gasteiger partial charge in [-0.3, -0.25) is 0 Å². The molecule has 0 aliphatic heterocycles. The van der Waals surface area contributed by atoms with Crippen molar-refractivity contribution < 1.29 is 8.42 Å². The summed E-state index contributed by atoms with van der Waals surface area (Å²) in [5.74, 6) is 0.511. The van der Waals surface area contributed by atoms with Crippen LogP contribution in [0.3, 0.4) is 0 Å². The van der Waals surface area contributed by atoms with E-state index in [1.165, 1.54) is 6.42 Å². The first kappa shape index (κ1) is 14.9. The molecule has 0 bridgehead atoms. The summed E-state index contributed by atoms with van der Waals surface area (Å²) in [7, 11) is -3.26. The molecule has 17 heavy (non-hydrogen) atoms. The van der Waals surface area contributed by atoms with Gasteiger partial charge in [-0.15, -0.1) is 0 Å². The SMILES string of the molecule is CCC(NS(=O)(=O)CC1CCCCC1)C(N)=S. The quantitative estimate of drug-likeness (QED) is 0.723. The molecule has 1 aliphatic carbocycles. The third kappa shape index (κ3) is 5.31. The van der Waals surface area contributed by atoms with Crippen LogP contribution in [0.2, 0.25) is 0 Å². The van der Waals surface area contributed by atoms with Gasteiger partial charge in [0.1, 0.15) is 0 Å². The van der Waals surface area contributed by atoms with Crippen LogP contribution in [0.15, 0.2) is 0 Å². The van der Waals surface area contributed by atoms with Gasteiger partial charge in [0.05, 0.1) is 16.8 Å². The van der Waals surface area contributed by atoms with Gasteiger partial charge in [-0.25, -0.2) is 13.1 Å². The van der Waals surface area contributed by atoms with Crippen LogP contribution >= 0.6 is 12.2 Å². The maximum absolute atomic E-state index is 11.9. The predicted molar refractivity (Wildman–Crippen MR) is 74.4 cm³/mol. The van der Waals surface area contributed by atoms with Gasteiger partial charge >= 0.3 is 0 Å². The maximum atomic E-state index is 11.9. The highest BCUT2D eigenvalue weighted by Crippen LogP contribution is 2.24. The molecule has 100 valence electrons. The fourth-order valence-corrected chi connectivity index (χ4v) is 4.35. The number of hydrogen-bond donors (Lipinski definition) is 2. The van der Waals surface area contributed by atoms with Crippen molar-refractivity contribution in [2.24, 2.45) is 11.7 Å². The molecule has 4 nitrogen and oxygen atoms in total.